The number of amides is 1. The van der Waals surface area contributed by atoms with Gasteiger partial charge in [0, 0.05) is 25.3 Å². The lowest BCUT2D eigenvalue weighted by Gasteiger charge is -2.49. The van der Waals surface area contributed by atoms with Gasteiger partial charge in [-0.3, -0.25) is 4.79 Å². The Labute approximate surface area is 162 Å². The van der Waals surface area contributed by atoms with Crippen molar-refractivity contribution in [3.8, 4) is 0 Å². The molecule has 0 bridgehead atoms. The van der Waals surface area contributed by atoms with Gasteiger partial charge < -0.3 is 19.5 Å². The zero-order valence-corrected chi connectivity index (χ0v) is 16.6. The number of hydrogen-bond donors (Lipinski definition) is 1. The minimum Gasteiger partial charge on any atom is -0.394 e. The third-order valence-corrected chi connectivity index (χ3v) is 6.65. The van der Waals surface area contributed by atoms with Crippen LogP contribution in [0.15, 0.2) is 30.3 Å². The first-order valence-electron chi connectivity index (χ1n) is 10.2. The molecule has 1 heterocycles. The second-order valence-corrected chi connectivity index (χ2v) is 7.94. The van der Waals surface area contributed by atoms with Crippen LogP contribution in [0.4, 0.5) is 0 Å². The Kier molecular flexibility index (Phi) is 6.90. The van der Waals surface area contributed by atoms with E-state index >= 15 is 0 Å². The van der Waals surface area contributed by atoms with Crippen LogP contribution >= 0.6 is 0 Å². The largest absolute Gasteiger partial charge is 0.394 e. The van der Waals surface area contributed by atoms with E-state index in [1.165, 1.54) is 6.42 Å². The number of aliphatic hydroxyl groups is 1. The monoisotopic (exact) mass is 375 g/mol. The summed E-state index contributed by atoms with van der Waals surface area (Å²) in [6.07, 6.45) is 7.96. The van der Waals surface area contributed by atoms with E-state index in [-0.39, 0.29) is 30.4 Å². The first-order valence-corrected chi connectivity index (χ1v) is 10.2. The van der Waals surface area contributed by atoms with Crippen LogP contribution in [-0.4, -0.2) is 54.6 Å². The van der Waals surface area contributed by atoms with E-state index in [4.69, 9.17) is 9.47 Å². The molecule has 1 aliphatic carbocycles. The van der Waals surface area contributed by atoms with E-state index in [1.807, 2.05) is 30.3 Å². The van der Waals surface area contributed by atoms with E-state index in [0.717, 1.165) is 44.9 Å². The molecule has 0 radical (unpaired) electrons. The fraction of sp³-hybridized carbons (Fsp3) is 0.682. The van der Waals surface area contributed by atoms with E-state index in [2.05, 4.69) is 4.90 Å². The molecule has 1 N–H and O–H groups in total. The van der Waals surface area contributed by atoms with Gasteiger partial charge in [-0.15, -0.1) is 0 Å². The maximum atomic E-state index is 13.5. The number of methoxy groups -OCH3 is 2. The lowest BCUT2D eigenvalue weighted by Crippen LogP contribution is -2.57. The summed E-state index contributed by atoms with van der Waals surface area (Å²) in [7, 11) is 3.35. The minimum atomic E-state index is -0.197. The molecular formula is C22H33NO4. The van der Waals surface area contributed by atoms with Gasteiger partial charge in [0.05, 0.1) is 12.6 Å². The second-order valence-electron chi connectivity index (χ2n) is 7.94. The van der Waals surface area contributed by atoms with Gasteiger partial charge in [-0.25, -0.2) is 0 Å². The van der Waals surface area contributed by atoms with Crippen LogP contribution in [0.1, 0.15) is 61.7 Å². The maximum absolute atomic E-state index is 13.5. The average molecular weight is 376 g/mol. The average Bonchev–Trinajstić information content (AvgIpc) is 3.08. The highest BCUT2D eigenvalue weighted by atomic mass is 16.7. The third-order valence-electron chi connectivity index (χ3n) is 6.65. The van der Waals surface area contributed by atoms with Gasteiger partial charge in [0.1, 0.15) is 0 Å². The topological polar surface area (TPSA) is 59.0 Å². The highest BCUT2D eigenvalue weighted by Crippen LogP contribution is 2.50. The molecule has 0 aromatic heterocycles. The van der Waals surface area contributed by atoms with Crippen LogP contribution < -0.4 is 0 Å². The number of aliphatic hydroxyl groups excluding tert-OH is 1. The van der Waals surface area contributed by atoms with Crippen molar-refractivity contribution < 1.29 is 19.4 Å². The summed E-state index contributed by atoms with van der Waals surface area (Å²) >= 11 is 0. The fourth-order valence-corrected chi connectivity index (χ4v) is 5.31. The van der Waals surface area contributed by atoms with Gasteiger partial charge in [0.2, 0.25) is 0 Å². The summed E-state index contributed by atoms with van der Waals surface area (Å²) < 4.78 is 10.8. The molecule has 1 amide bonds. The van der Waals surface area contributed by atoms with Crippen LogP contribution in [0.3, 0.4) is 0 Å². The van der Waals surface area contributed by atoms with Gasteiger partial charge in [0.25, 0.3) is 5.91 Å². The van der Waals surface area contributed by atoms with Crippen LogP contribution in [-0.2, 0) is 9.47 Å². The molecule has 3 atom stereocenters. The molecule has 27 heavy (non-hydrogen) atoms. The Morgan fingerprint density at radius 3 is 2.59 bits per heavy atom. The van der Waals surface area contributed by atoms with Crippen molar-refractivity contribution in [2.24, 2.45) is 5.92 Å². The Morgan fingerprint density at radius 2 is 1.93 bits per heavy atom. The predicted octanol–water partition coefficient (Wildman–Crippen LogP) is 3.61. The first-order chi connectivity index (χ1) is 13.2. The highest BCUT2D eigenvalue weighted by molar-refractivity contribution is 5.95. The van der Waals surface area contributed by atoms with Crippen molar-refractivity contribution in [1.82, 2.24) is 4.90 Å². The molecule has 2 fully saturated rings. The molecule has 1 saturated heterocycles. The number of benzene rings is 1. The molecule has 1 saturated carbocycles. The number of hydrogen-bond acceptors (Lipinski definition) is 4. The van der Waals surface area contributed by atoms with Crippen LogP contribution in [0.25, 0.3) is 0 Å². The zero-order valence-electron chi connectivity index (χ0n) is 16.6. The molecule has 1 aromatic carbocycles. The number of ether oxygens (including phenoxy) is 2. The van der Waals surface area contributed by atoms with E-state index < -0.39 is 0 Å². The number of carbonyl (C=O) groups excluding carboxylic acids is 1. The third kappa shape index (κ3) is 4.05. The van der Waals surface area contributed by atoms with Crippen molar-refractivity contribution in [2.75, 3.05) is 20.8 Å². The van der Waals surface area contributed by atoms with Gasteiger partial charge in [-0.05, 0) is 56.6 Å². The summed E-state index contributed by atoms with van der Waals surface area (Å²) in [5.41, 5.74) is 0.568. The van der Waals surface area contributed by atoms with Crippen molar-refractivity contribution in [1.29, 1.82) is 0 Å². The van der Waals surface area contributed by atoms with Crippen molar-refractivity contribution >= 4 is 5.91 Å². The fourth-order valence-electron chi connectivity index (χ4n) is 5.31. The first kappa shape index (κ1) is 20.3. The molecular weight excluding hydrogens is 342 g/mol. The van der Waals surface area contributed by atoms with E-state index in [9.17, 15) is 9.90 Å². The Hall–Kier alpha value is -1.43. The van der Waals surface area contributed by atoms with Crippen LogP contribution in [0.2, 0.25) is 0 Å². The molecule has 2 aliphatic rings. The molecule has 3 unspecified atom stereocenters. The predicted molar refractivity (Wildman–Crippen MR) is 104 cm³/mol. The van der Waals surface area contributed by atoms with Crippen molar-refractivity contribution in [3.05, 3.63) is 35.9 Å². The lowest BCUT2D eigenvalue weighted by molar-refractivity contribution is -0.112. The summed E-state index contributed by atoms with van der Waals surface area (Å²) in [5, 5.41) is 9.99. The number of likely N-dealkylation sites (tertiary alicyclic amines) is 1. The number of carbonyl (C=O) groups is 1. The second kappa shape index (κ2) is 9.18. The number of nitrogens with zero attached hydrogens (tertiary/aromatic N) is 1. The van der Waals surface area contributed by atoms with Crippen molar-refractivity contribution in [3.63, 3.8) is 0 Å². The zero-order chi connectivity index (χ0) is 19.3. The molecule has 3 rings (SSSR count). The molecule has 1 spiro atoms. The van der Waals surface area contributed by atoms with Gasteiger partial charge in [-0.2, -0.15) is 0 Å². The minimum absolute atomic E-state index is 0.0335. The highest BCUT2D eigenvalue weighted by Gasteiger charge is 2.53. The summed E-state index contributed by atoms with van der Waals surface area (Å²) in [6, 6.07) is 9.42. The van der Waals surface area contributed by atoms with Gasteiger partial charge in [-0.1, -0.05) is 31.0 Å². The summed E-state index contributed by atoms with van der Waals surface area (Å²) in [5.74, 6) is 0.484. The Bertz CT molecular complexity index is 604. The molecule has 1 aliphatic heterocycles. The molecule has 5 nitrogen and oxygen atoms in total. The van der Waals surface area contributed by atoms with E-state index in [0.29, 0.717) is 11.5 Å². The van der Waals surface area contributed by atoms with Crippen LogP contribution in [0, 0.1) is 5.92 Å². The Morgan fingerprint density at radius 1 is 1.19 bits per heavy atom. The van der Waals surface area contributed by atoms with Crippen molar-refractivity contribution in [2.45, 2.75) is 69.2 Å². The standard InChI is InChI=1S/C22H33NO4/c1-26-20(27-2)12-11-18-10-6-7-14-22(18)15-13-19(16-24)23(22)21(25)17-8-4-3-5-9-17/h3-5,8-9,18-20,24H,6-7,10-16H2,1-2H3. The lowest BCUT2D eigenvalue weighted by atomic mass is 9.69. The molecule has 1 aromatic rings. The SMILES string of the molecule is COC(CCC1CCCCC12CCC(CO)N2C(=O)c1ccccc1)OC. The van der Waals surface area contributed by atoms with Gasteiger partial charge >= 0.3 is 0 Å². The number of rotatable bonds is 7. The summed E-state index contributed by atoms with van der Waals surface area (Å²) in [6.45, 7) is 0.0335. The summed E-state index contributed by atoms with van der Waals surface area (Å²) in [4.78, 5) is 15.5. The Balaban J connectivity index is 1.87. The van der Waals surface area contributed by atoms with Crippen LogP contribution in [0.5, 0.6) is 0 Å². The van der Waals surface area contributed by atoms with Gasteiger partial charge in [0.15, 0.2) is 6.29 Å². The normalized spacial score (nSPS) is 28.2. The maximum Gasteiger partial charge on any atom is 0.254 e. The molecule has 150 valence electrons. The molecule has 5 heteroatoms. The van der Waals surface area contributed by atoms with E-state index in [1.54, 1.807) is 14.2 Å². The smallest absolute Gasteiger partial charge is 0.254 e. The quantitative estimate of drug-likeness (QED) is 0.740.